The van der Waals surface area contributed by atoms with E-state index >= 15 is 0 Å². The van der Waals surface area contributed by atoms with Crippen molar-refractivity contribution >= 4 is 16.8 Å². The number of ether oxygens (including phenoxy) is 1. The molecule has 0 aliphatic carbocycles. The Hall–Kier alpha value is -2.79. The molecule has 0 radical (unpaired) electrons. The van der Waals surface area contributed by atoms with Crippen LogP contribution in [-0.2, 0) is 4.74 Å². The Labute approximate surface area is 157 Å². The van der Waals surface area contributed by atoms with Gasteiger partial charge in [-0.3, -0.25) is 4.79 Å². The van der Waals surface area contributed by atoms with Gasteiger partial charge in [0, 0.05) is 24.0 Å². The first-order valence-corrected chi connectivity index (χ1v) is 9.08. The molecule has 4 rings (SSSR count). The van der Waals surface area contributed by atoms with Crippen molar-refractivity contribution in [2.75, 3.05) is 26.3 Å². The van der Waals surface area contributed by atoms with Crippen molar-refractivity contribution in [2.24, 2.45) is 0 Å². The maximum absolute atomic E-state index is 13.9. The maximum atomic E-state index is 13.9. The summed E-state index contributed by atoms with van der Waals surface area (Å²) >= 11 is 0. The van der Waals surface area contributed by atoms with Crippen LogP contribution in [0, 0.1) is 19.7 Å². The van der Waals surface area contributed by atoms with Gasteiger partial charge in [-0.25, -0.2) is 9.37 Å². The van der Waals surface area contributed by atoms with Gasteiger partial charge < -0.3 is 9.64 Å². The number of aromatic nitrogens is 1. The molecule has 0 bridgehead atoms. The van der Waals surface area contributed by atoms with E-state index in [0.717, 1.165) is 11.1 Å². The highest BCUT2D eigenvalue weighted by Gasteiger charge is 2.22. The number of benzene rings is 2. The summed E-state index contributed by atoms with van der Waals surface area (Å²) in [6.45, 7) is 6.23. The molecule has 138 valence electrons. The molecule has 0 N–H and O–H groups in total. The Balaban J connectivity index is 1.88. The van der Waals surface area contributed by atoms with Gasteiger partial charge in [0.05, 0.1) is 30.0 Å². The van der Waals surface area contributed by atoms with Crippen molar-refractivity contribution in [3.8, 4) is 11.3 Å². The number of hydrogen-bond acceptors (Lipinski definition) is 3. The van der Waals surface area contributed by atoms with Gasteiger partial charge in [-0.15, -0.1) is 0 Å². The molecule has 1 aromatic heterocycles. The summed E-state index contributed by atoms with van der Waals surface area (Å²) in [6.07, 6.45) is 0. The molecule has 1 amide bonds. The second-order valence-electron chi connectivity index (χ2n) is 6.92. The highest BCUT2D eigenvalue weighted by molar-refractivity contribution is 6.07. The Morgan fingerprint density at radius 1 is 1.04 bits per heavy atom. The quantitative estimate of drug-likeness (QED) is 0.687. The molecule has 1 fully saturated rings. The van der Waals surface area contributed by atoms with Gasteiger partial charge in [-0.05, 0) is 55.3 Å². The second kappa shape index (κ2) is 7.08. The van der Waals surface area contributed by atoms with E-state index < -0.39 is 0 Å². The highest BCUT2D eigenvalue weighted by Crippen LogP contribution is 2.28. The topological polar surface area (TPSA) is 42.4 Å². The van der Waals surface area contributed by atoms with Crippen molar-refractivity contribution < 1.29 is 13.9 Å². The molecule has 4 nitrogen and oxygen atoms in total. The van der Waals surface area contributed by atoms with Gasteiger partial charge in [-0.1, -0.05) is 12.1 Å². The van der Waals surface area contributed by atoms with E-state index in [1.165, 1.54) is 17.7 Å². The van der Waals surface area contributed by atoms with Crippen LogP contribution in [0.5, 0.6) is 0 Å². The van der Waals surface area contributed by atoms with Crippen molar-refractivity contribution in [2.45, 2.75) is 13.8 Å². The van der Waals surface area contributed by atoms with E-state index in [1.54, 1.807) is 17.0 Å². The van der Waals surface area contributed by atoms with Crippen LogP contribution in [0.2, 0.25) is 0 Å². The second-order valence-corrected chi connectivity index (χ2v) is 6.92. The van der Waals surface area contributed by atoms with Gasteiger partial charge in [0.1, 0.15) is 5.82 Å². The summed E-state index contributed by atoms with van der Waals surface area (Å²) in [5, 5.41) is 0.541. The number of carbonyl (C=O) groups is 1. The zero-order valence-corrected chi connectivity index (χ0v) is 15.5. The van der Waals surface area contributed by atoms with Crippen molar-refractivity contribution in [3.63, 3.8) is 0 Å². The van der Waals surface area contributed by atoms with Crippen LogP contribution in [0.1, 0.15) is 21.5 Å². The van der Waals surface area contributed by atoms with Crippen LogP contribution in [0.3, 0.4) is 0 Å². The van der Waals surface area contributed by atoms with Crippen molar-refractivity contribution in [1.82, 2.24) is 9.88 Å². The highest BCUT2D eigenvalue weighted by atomic mass is 19.1. The van der Waals surface area contributed by atoms with Gasteiger partial charge in [0.25, 0.3) is 5.91 Å². The fourth-order valence-corrected chi connectivity index (χ4v) is 3.36. The maximum Gasteiger partial charge on any atom is 0.254 e. The van der Waals surface area contributed by atoms with Crippen LogP contribution in [-0.4, -0.2) is 42.1 Å². The summed E-state index contributed by atoms with van der Waals surface area (Å²) in [5.74, 6) is -0.486. The minimum atomic E-state index is -0.376. The van der Waals surface area contributed by atoms with E-state index in [2.05, 4.69) is 24.9 Å². The summed E-state index contributed by atoms with van der Waals surface area (Å²) in [5.41, 5.74) is 5.12. The van der Waals surface area contributed by atoms with Gasteiger partial charge in [-0.2, -0.15) is 0 Å². The fourth-order valence-electron chi connectivity index (χ4n) is 3.36. The number of aryl methyl sites for hydroxylation is 2. The van der Waals surface area contributed by atoms with E-state index in [4.69, 9.17) is 4.74 Å². The molecule has 1 aliphatic rings. The largest absolute Gasteiger partial charge is 0.378 e. The number of pyridine rings is 1. The smallest absolute Gasteiger partial charge is 0.254 e. The molecule has 27 heavy (non-hydrogen) atoms. The SMILES string of the molecule is Cc1ccc(-c2cc(C(=O)N3CCOCC3)c3cc(F)ccc3n2)cc1C. The zero-order chi connectivity index (χ0) is 19.0. The number of fused-ring (bicyclic) bond motifs is 1. The molecule has 5 heteroatoms. The molecule has 0 saturated carbocycles. The molecule has 1 saturated heterocycles. The lowest BCUT2D eigenvalue weighted by Crippen LogP contribution is -2.40. The Morgan fingerprint density at radius 3 is 2.56 bits per heavy atom. The third kappa shape index (κ3) is 3.43. The Bertz CT molecular complexity index is 1030. The standard InChI is InChI=1S/C22H21FN2O2/c1-14-3-4-16(11-15(14)2)21-13-19(22(26)25-7-9-27-10-8-25)18-12-17(23)5-6-20(18)24-21/h3-6,11-13H,7-10H2,1-2H3. The summed E-state index contributed by atoms with van der Waals surface area (Å²) in [6, 6.07) is 12.3. The minimum absolute atomic E-state index is 0.110. The van der Waals surface area contributed by atoms with E-state index in [0.29, 0.717) is 48.5 Å². The average Bonchev–Trinajstić information content (AvgIpc) is 2.69. The third-order valence-corrected chi connectivity index (χ3v) is 5.10. The van der Waals surface area contributed by atoms with E-state index in [1.807, 2.05) is 12.1 Å². The lowest BCUT2D eigenvalue weighted by molar-refractivity contribution is 0.0304. The molecule has 0 atom stereocenters. The van der Waals surface area contributed by atoms with Crippen LogP contribution >= 0.6 is 0 Å². The number of hydrogen-bond donors (Lipinski definition) is 0. The number of carbonyl (C=O) groups excluding carboxylic acids is 1. The van der Waals surface area contributed by atoms with Gasteiger partial charge in [0.15, 0.2) is 0 Å². The number of morpholine rings is 1. The molecule has 2 heterocycles. The molecule has 3 aromatic rings. The Kier molecular flexibility index (Phi) is 4.62. The third-order valence-electron chi connectivity index (χ3n) is 5.10. The number of rotatable bonds is 2. The summed E-state index contributed by atoms with van der Waals surface area (Å²) in [7, 11) is 0. The summed E-state index contributed by atoms with van der Waals surface area (Å²) < 4.78 is 19.2. The van der Waals surface area contributed by atoms with E-state index in [9.17, 15) is 9.18 Å². The molecule has 1 aliphatic heterocycles. The molecular formula is C22H21FN2O2. The van der Waals surface area contributed by atoms with Crippen LogP contribution in [0.25, 0.3) is 22.2 Å². The first-order chi connectivity index (χ1) is 13.0. The fraction of sp³-hybridized carbons (Fsp3) is 0.273. The Morgan fingerprint density at radius 2 is 1.81 bits per heavy atom. The number of nitrogens with zero attached hydrogens (tertiary/aromatic N) is 2. The van der Waals surface area contributed by atoms with Crippen molar-refractivity contribution in [1.29, 1.82) is 0 Å². The zero-order valence-electron chi connectivity index (χ0n) is 15.5. The average molecular weight is 364 g/mol. The first-order valence-electron chi connectivity index (χ1n) is 9.08. The normalized spacial score (nSPS) is 14.6. The lowest BCUT2D eigenvalue weighted by atomic mass is 10.00. The predicted octanol–water partition coefficient (Wildman–Crippen LogP) is 4.13. The van der Waals surface area contributed by atoms with Gasteiger partial charge >= 0.3 is 0 Å². The monoisotopic (exact) mass is 364 g/mol. The van der Waals surface area contributed by atoms with Crippen LogP contribution in [0.4, 0.5) is 4.39 Å². The molecular weight excluding hydrogens is 343 g/mol. The molecule has 2 aromatic carbocycles. The minimum Gasteiger partial charge on any atom is -0.378 e. The molecule has 0 unspecified atom stereocenters. The summed E-state index contributed by atoms with van der Waals surface area (Å²) in [4.78, 5) is 19.6. The molecule has 0 spiro atoms. The van der Waals surface area contributed by atoms with Crippen LogP contribution < -0.4 is 0 Å². The van der Waals surface area contributed by atoms with Gasteiger partial charge in [0.2, 0.25) is 0 Å². The van der Waals surface area contributed by atoms with Crippen molar-refractivity contribution in [3.05, 3.63) is 65.0 Å². The van der Waals surface area contributed by atoms with E-state index in [-0.39, 0.29) is 11.7 Å². The first kappa shape index (κ1) is 17.6. The lowest BCUT2D eigenvalue weighted by Gasteiger charge is -2.27. The predicted molar refractivity (Wildman–Crippen MR) is 103 cm³/mol. The van der Waals surface area contributed by atoms with Crippen LogP contribution in [0.15, 0.2) is 42.5 Å². The number of halogens is 1. The number of amides is 1.